The first-order valence-electron chi connectivity index (χ1n) is 16.0. The van der Waals surface area contributed by atoms with Crippen LogP contribution in [-0.4, -0.2) is 37.5 Å². The zero-order valence-electron chi connectivity index (χ0n) is 26.9. The summed E-state index contributed by atoms with van der Waals surface area (Å²) in [6, 6.07) is 0.451. The fourth-order valence-electron chi connectivity index (χ4n) is 5.87. The van der Waals surface area contributed by atoms with Crippen LogP contribution in [0.1, 0.15) is 125 Å². The quantitative estimate of drug-likeness (QED) is 0.204. The molecule has 0 aliphatic heterocycles. The third kappa shape index (κ3) is 16.5. The first kappa shape index (κ1) is 34.7. The molecule has 232 valence electrons. The number of alkyl carbamates (subject to hydrolysis) is 2. The van der Waals surface area contributed by atoms with E-state index in [0.717, 1.165) is 63.2 Å². The third-order valence-corrected chi connectivity index (χ3v) is 8.48. The minimum Gasteiger partial charge on any atom is -0.445 e. The summed E-state index contributed by atoms with van der Waals surface area (Å²) in [4.78, 5) is 24.5. The van der Waals surface area contributed by atoms with Gasteiger partial charge in [0.15, 0.2) is 0 Å². The van der Waals surface area contributed by atoms with Crippen LogP contribution in [0.2, 0.25) is 0 Å². The Labute approximate surface area is 250 Å². The van der Waals surface area contributed by atoms with Crippen LogP contribution < -0.4 is 10.6 Å². The molecule has 2 rings (SSSR count). The molecule has 0 aromatic rings. The molecule has 0 heterocycles. The topological polar surface area (TPSA) is 76.7 Å². The van der Waals surface area contributed by atoms with Gasteiger partial charge in [-0.2, -0.15) is 0 Å². The number of ether oxygens (including phenoxy) is 2. The fraction of sp³-hybridized carbons (Fsp3) is 0.714. The minimum atomic E-state index is -0.295. The Morgan fingerprint density at radius 3 is 1.29 bits per heavy atom. The van der Waals surface area contributed by atoms with Crippen molar-refractivity contribution >= 4 is 12.2 Å². The molecule has 2 aliphatic rings. The summed E-state index contributed by atoms with van der Waals surface area (Å²) < 4.78 is 10.8. The van der Waals surface area contributed by atoms with Crippen LogP contribution in [0.25, 0.3) is 0 Å². The average molecular weight is 571 g/mol. The van der Waals surface area contributed by atoms with Gasteiger partial charge in [0.25, 0.3) is 0 Å². The summed E-state index contributed by atoms with van der Waals surface area (Å²) in [6.45, 7) is 13.3. The van der Waals surface area contributed by atoms with Crippen LogP contribution in [0.15, 0.2) is 46.6 Å². The second-order valence-corrected chi connectivity index (χ2v) is 12.9. The Morgan fingerprint density at radius 2 is 0.951 bits per heavy atom. The molecule has 2 aliphatic carbocycles. The molecule has 41 heavy (non-hydrogen) atoms. The van der Waals surface area contributed by atoms with Crippen LogP contribution in [0.3, 0.4) is 0 Å². The number of nitrogens with one attached hydrogen (secondary N) is 2. The van der Waals surface area contributed by atoms with E-state index >= 15 is 0 Å². The van der Waals surface area contributed by atoms with Crippen molar-refractivity contribution in [2.75, 3.05) is 13.2 Å². The molecule has 0 aromatic heterocycles. The molecule has 0 radical (unpaired) electrons. The molecule has 0 aromatic carbocycles. The van der Waals surface area contributed by atoms with Crippen molar-refractivity contribution in [1.82, 2.24) is 10.6 Å². The molecule has 2 N–H and O–H groups in total. The van der Waals surface area contributed by atoms with Gasteiger partial charge in [-0.05, 0) is 149 Å². The van der Waals surface area contributed by atoms with Gasteiger partial charge in [0.2, 0.25) is 0 Å². The van der Waals surface area contributed by atoms with Gasteiger partial charge in [-0.1, -0.05) is 34.4 Å². The van der Waals surface area contributed by atoms with Crippen LogP contribution >= 0.6 is 0 Å². The van der Waals surface area contributed by atoms with Crippen molar-refractivity contribution in [1.29, 1.82) is 0 Å². The molecule has 2 fully saturated rings. The summed E-state index contributed by atoms with van der Waals surface area (Å²) >= 11 is 0. The van der Waals surface area contributed by atoms with Gasteiger partial charge in [-0.15, -0.1) is 0 Å². The molecule has 0 bridgehead atoms. The second-order valence-electron chi connectivity index (χ2n) is 12.9. The van der Waals surface area contributed by atoms with Crippen molar-refractivity contribution in [2.45, 2.75) is 137 Å². The van der Waals surface area contributed by atoms with E-state index in [1.807, 2.05) is 12.2 Å². The Kier molecular flexibility index (Phi) is 16.6. The maximum atomic E-state index is 12.2. The van der Waals surface area contributed by atoms with Crippen LogP contribution in [0.5, 0.6) is 0 Å². The van der Waals surface area contributed by atoms with Crippen molar-refractivity contribution in [2.24, 2.45) is 11.8 Å². The maximum absolute atomic E-state index is 12.2. The van der Waals surface area contributed by atoms with Crippen LogP contribution in [-0.2, 0) is 9.47 Å². The van der Waals surface area contributed by atoms with Gasteiger partial charge >= 0.3 is 12.2 Å². The zero-order valence-corrected chi connectivity index (χ0v) is 26.9. The molecule has 2 saturated carbocycles. The van der Waals surface area contributed by atoms with Gasteiger partial charge in [0, 0.05) is 12.1 Å². The van der Waals surface area contributed by atoms with Gasteiger partial charge in [-0.3, -0.25) is 0 Å². The van der Waals surface area contributed by atoms with E-state index in [-0.39, 0.29) is 24.3 Å². The monoisotopic (exact) mass is 570 g/mol. The zero-order chi connectivity index (χ0) is 30.0. The summed E-state index contributed by atoms with van der Waals surface area (Å²) in [7, 11) is 0. The highest BCUT2D eigenvalue weighted by atomic mass is 16.6. The summed E-state index contributed by atoms with van der Waals surface area (Å²) in [6.07, 6.45) is 22.0. The Morgan fingerprint density at radius 1 is 0.585 bits per heavy atom. The van der Waals surface area contributed by atoms with E-state index in [1.165, 1.54) is 54.4 Å². The predicted molar refractivity (Wildman–Crippen MR) is 170 cm³/mol. The van der Waals surface area contributed by atoms with Crippen LogP contribution in [0, 0.1) is 11.8 Å². The lowest BCUT2D eigenvalue weighted by Gasteiger charge is -2.34. The third-order valence-electron chi connectivity index (χ3n) is 8.48. The van der Waals surface area contributed by atoms with E-state index in [2.05, 4.69) is 64.3 Å². The Balaban J connectivity index is 1.54. The van der Waals surface area contributed by atoms with Gasteiger partial charge in [0.1, 0.15) is 13.2 Å². The summed E-state index contributed by atoms with van der Waals surface area (Å²) in [5.74, 6) is 1.48. The summed E-state index contributed by atoms with van der Waals surface area (Å²) in [5, 5.41) is 6.15. The highest BCUT2D eigenvalue weighted by Crippen LogP contribution is 2.35. The largest absolute Gasteiger partial charge is 0.445 e. The van der Waals surface area contributed by atoms with Gasteiger partial charge in [0.05, 0.1) is 0 Å². The second kappa shape index (κ2) is 19.6. The van der Waals surface area contributed by atoms with E-state index < -0.39 is 0 Å². The number of allylic oxidation sites excluding steroid dienone is 6. The Hall–Kier alpha value is -2.50. The lowest BCUT2D eigenvalue weighted by atomic mass is 9.76. The van der Waals surface area contributed by atoms with E-state index in [4.69, 9.17) is 9.47 Å². The Bertz CT molecular complexity index is 834. The number of hydrogen-bond donors (Lipinski definition) is 2. The van der Waals surface area contributed by atoms with Crippen molar-refractivity contribution in [3.63, 3.8) is 0 Å². The number of amides is 2. The number of carbonyl (C=O) groups excluding carboxylic acids is 2. The van der Waals surface area contributed by atoms with Gasteiger partial charge < -0.3 is 20.1 Å². The smallest absolute Gasteiger partial charge is 0.407 e. The molecule has 0 saturated heterocycles. The highest BCUT2D eigenvalue weighted by molar-refractivity contribution is 5.68. The average Bonchev–Trinajstić information content (AvgIpc) is 2.90. The SMILES string of the molecule is CC(C)=CCC/C(C)=C/COC(=O)NC1CCC(CC2CCC(NC(=O)OC/C=C(\C)CCC=C(C)C)CC2)CC1. The van der Waals surface area contributed by atoms with Gasteiger partial charge in [-0.25, -0.2) is 9.59 Å². The van der Waals surface area contributed by atoms with Crippen LogP contribution in [0.4, 0.5) is 9.59 Å². The molecule has 6 heteroatoms. The molecule has 0 spiro atoms. The minimum absolute atomic E-state index is 0.225. The summed E-state index contributed by atoms with van der Waals surface area (Å²) in [5.41, 5.74) is 5.18. The lowest BCUT2D eigenvalue weighted by molar-refractivity contribution is 0.142. The number of hydrogen-bond acceptors (Lipinski definition) is 4. The lowest BCUT2D eigenvalue weighted by Crippen LogP contribution is -2.39. The molecule has 0 unspecified atom stereocenters. The van der Waals surface area contributed by atoms with Crippen molar-refractivity contribution < 1.29 is 19.1 Å². The molecule has 6 nitrogen and oxygen atoms in total. The van der Waals surface area contributed by atoms with Crippen molar-refractivity contribution in [3.8, 4) is 0 Å². The first-order chi connectivity index (χ1) is 19.6. The fourth-order valence-corrected chi connectivity index (χ4v) is 5.87. The van der Waals surface area contributed by atoms with Crippen molar-refractivity contribution in [3.05, 3.63) is 46.6 Å². The molecular weight excluding hydrogens is 512 g/mol. The van der Waals surface area contributed by atoms with E-state index in [0.29, 0.717) is 13.2 Å². The molecule has 2 amide bonds. The van der Waals surface area contributed by atoms with E-state index in [1.54, 1.807) is 0 Å². The predicted octanol–water partition coefficient (Wildman–Crippen LogP) is 9.33. The highest BCUT2D eigenvalue weighted by Gasteiger charge is 2.28. The number of carbonyl (C=O) groups is 2. The first-order valence-corrected chi connectivity index (χ1v) is 16.0. The maximum Gasteiger partial charge on any atom is 0.407 e. The number of rotatable bonds is 14. The standard InChI is InChI=1S/C35H58N2O4/c1-26(2)9-7-11-28(5)21-23-40-34(38)36-32-17-13-30(14-18-32)25-31-15-19-33(20-16-31)37-35(39)41-24-22-29(6)12-8-10-27(3)4/h9-10,21-22,30-33H,7-8,11-20,23-25H2,1-6H3,(H,36,38)(H,37,39)/b28-21+,29-22+. The normalized spacial score (nSPS) is 23.3. The molecular formula is C35H58N2O4. The molecule has 0 atom stereocenters. The van der Waals surface area contributed by atoms with E-state index in [9.17, 15) is 9.59 Å².